The molecule has 0 unspecified atom stereocenters. The van der Waals surface area contributed by atoms with Gasteiger partial charge in [-0.15, -0.1) is 0 Å². The van der Waals surface area contributed by atoms with Crippen molar-refractivity contribution < 1.29 is 9.84 Å². The minimum atomic E-state index is -0.590. The van der Waals surface area contributed by atoms with E-state index in [1.807, 2.05) is 24.3 Å². The van der Waals surface area contributed by atoms with Gasteiger partial charge < -0.3 is 19.7 Å². The van der Waals surface area contributed by atoms with Crippen molar-refractivity contribution in [2.45, 2.75) is 6.10 Å². The molecule has 2 heterocycles. The lowest BCUT2D eigenvalue weighted by Crippen LogP contribution is -2.49. The highest BCUT2D eigenvalue weighted by Crippen LogP contribution is 2.27. The Bertz CT molecular complexity index is 1080. The lowest BCUT2D eigenvalue weighted by atomic mass is 10.2. The number of rotatable bonds is 6. The summed E-state index contributed by atoms with van der Waals surface area (Å²) >= 11 is 12.1. The Kier molecular flexibility index (Phi) is 6.49. The first-order valence-corrected chi connectivity index (χ1v) is 10.6. The molecule has 8 heteroatoms. The Hall–Kier alpha value is -2.25. The molecule has 0 spiro atoms. The second-order valence-electron chi connectivity index (χ2n) is 7.42. The molecule has 0 radical (unpaired) electrons. The van der Waals surface area contributed by atoms with Gasteiger partial charge in [0, 0.05) is 55.4 Å². The molecule has 1 aliphatic rings. The van der Waals surface area contributed by atoms with E-state index in [0.717, 1.165) is 42.8 Å². The highest BCUT2D eigenvalue weighted by molar-refractivity contribution is 6.42. The molecule has 0 bridgehead atoms. The van der Waals surface area contributed by atoms with Gasteiger partial charge in [0.2, 0.25) is 5.56 Å². The van der Waals surface area contributed by atoms with Crippen molar-refractivity contribution in [1.29, 1.82) is 0 Å². The average Bonchev–Trinajstić information content (AvgIpc) is 2.75. The number of H-pyrrole nitrogens is 1. The van der Waals surface area contributed by atoms with E-state index in [1.54, 1.807) is 18.2 Å². The van der Waals surface area contributed by atoms with Gasteiger partial charge in [-0.1, -0.05) is 23.2 Å². The van der Waals surface area contributed by atoms with Gasteiger partial charge >= 0.3 is 0 Å². The van der Waals surface area contributed by atoms with Crippen LogP contribution in [-0.4, -0.2) is 60.4 Å². The van der Waals surface area contributed by atoms with E-state index in [1.165, 1.54) is 6.07 Å². The maximum atomic E-state index is 11.4. The first-order chi connectivity index (χ1) is 14.5. The largest absolute Gasteiger partial charge is 0.491 e. The fourth-order valence-corrected chi connectivity index (χ4v) is 3.93. The van der Waals surface area contributed by atoms with E-state index in [0.29, 0.717) is 22.3 Å². The zero-order valence-corrected chi connectivity index (χ0v) is 17.9. The maximum absolute atomic E-state index is 11.4. The monoisotopic (exact) mass is 447 g/mol. The van der Waals surface area contributed by atoms with Crippen molar-refractivity contribution in [3.05, 3.63) is 68.9 Å². The molecule has 1 saturated heterocycles. The number of halogens is 2. The Morgan fingerprint density at radius 3 is 2.57 bits per heavy atom. The van der Waals surface area contributed by atoms with E-state index < -0.39 is 6.10 Å². The number of pyridine rings is 1. The first kappa shape index (κ1) is 21.0. The van der Waals surface area contributed by atoms with Crippen LogP contribution in [0.3, 0.4) is 0 Å². The number of nitrogens with one attached hydrogen (secondary N) is 1. The summed E-state index contributed by atoms with van der Waals surface area (Å²) in [5.74, 6) is 0.665. The zero-order valence-electron chi connectivity index (χ0n) is 16.4. The number of nitrogens with zero attached hydrogens (tertiary/aromatic N) is 2. The molecule has 2 aromatic carbocycles. The molecular formula is C22H23Cl2N3O3. The Morgan fingerprint density at radius 2 is 1.80 bits per heavy atom. The lowest BCUT2D eigenvalue weighted by molar-refractivity contribution is 0.0663. The molecule has 1 aliphatic heterocycles. The standard InChI is InChI=1S/C22H23Cl2N3O3/c23-19-4-2-16(12-20(19)24)27-9-7-26(8-10-27)13-17(28)14-30-18-3-5-21-15(11-18)1-6-22(29)25-21/h1-6,11-12,17,28H,7-10,13-14H2,(H,25,29)/t17-/m1/s1. The number of hydrogen-bond donors (Lipinski definition) is 2. The summed E-state index contributed by atoms with van der Waals surface area (Å²) in [4.78, 5) is 18.6. The number of benzene rings is 2. The molecule has 158 valence electrons. The van der Waals surface area contributed by atoms with Crippen LogP contribution < -0.4 is 15.2 Å². The Labute approximate surface area is 184 Å². The van der Waals surface area contributed by atoms with Crippen LogP contribution in [0, 0.1) is 0 Å². The number of β-amino-alcohol motifs (C(OH)–C–C–N with tert-alkyl or cyclic N) is 1. The predicted octanol–water partition coefficient (Wildman–Crippen LogP) is 3.40. The van der Waals surface area contributed by atoms with Crippen molar-refractivity contribution in [1.82, 2.24) is 9.88 Å². The van der Waals surface area contributed by atoms with Crippen LogP contribution in [-0.2, 0) is 0 Å². The minimum absolute atomic E-state index is 0.133. The second-order valence-corrected chi connectivity index (χ2v) is 8.24. The predicted molar refractivity (Wildman–Crippen MR) is 121 cm³/mol. The maximum Gasteiger partial charge on any atom is 0.248 e. The number of anilines is 1. The van der Waals surface area contributed by atoms with E-state index in [9.17, 15) is 9.90 Å². The number of ether oxygens (including phenoxy) is 1. The highest BCUT2D eigenvalue weighted by Gasteiger charge is 2.20. The highest BCUT2D eigenvalue weighted by atomic mass is 35.5. The molecule has 0 saturated carbocycles. The molecule has 3 aromatic rings. The fourth-order valence-electron chi connectivity index (χ4n) is 3.64. The minimum Gasteiger partial charge on any atom is -0.491 e. The lowest BCUT2D eigenvalue weighted by Gasteiger charge is -2.37. The Morgan fingerprint density at radius 1 is 1.00 bits per heavy atom. The molecule has 1 atom stereocenters. The third-order valence-corrected chi connectivity index (χ3v) is 5.99. The first-order valence-electron chi connectivity index (χ1n) is 9.84. The summed E-state index contributed by atoms with van der Waals surface area (Å²) < 4.78 is 5.76. The summed E-state index contributed by atoms with van der Waals surface area (Å²) in [6.07, 6.45) is -0.590. The summed E-state index contributed by atoms with van der Waals surface area (Å²) in [7, 11) is 0. The van der Waals surface area contributed by atoms with E-state index in [-0.39, 0.29) is 12.2 Å². The van der Waals surface area contributed by atoms with Crippen LogP contribution in [0.4, 0.5) is 5.69 Å². The number of hydrogen-bond acceptors (Lipinski definition) is 5. The molecule has 30 heavy (non-hydrogen) atoms. The van der Waals surface area contributed by atoms with Crippen LogP contribution in [0.25, 0.3) is 10.9 Å². The topological polar surface area (TPSA) is 68.8 Å². The van der Waals surface area contributed by atoms with Gasteiger partial charge in [0.25, 0.3) is 0 Å². The van der Waals surface area contributed by atoms with Gasteiger partial charge in [-0.3, -0.25) is 9.69 Å². The van der Waals surface area contributed by atoms with Crippen molar-refractivity contribution >= 4 is 39.8 Å². The third kappa shape index (κ3) is 5.08. The third-order valence-electron chi connectivity index (χ3n) is 5.25. The molecule has 1 fully saturated rings. The van der Waals surface area contributed by atoms with Gasteiger partial charge in [-0.25, -0.2) is 0 Å². The number of piperazine rings is 1. The van der Waals surface area contributed by atoms with Gasteiger partial charge in [-0.2, -0.15) is 0 Å². The summed E-state index contributed by atoms with van der Waals surface area (Å²) in [6, 6.07) is 14.4. The zero-order chi connectivity index (χ0) is 21.1. The van der Waals surface area contributed by atoms with Crippen LogP contribution in [0.5, 0.6) is 5.75 Å². The number of aliphatic hydroxyl groups excluding tert-OH is 1. The molecule has 4 rings (SSSR count). The van der Waals surface area contributed by atoms with Crippen LogP contribution >= 0.6 is 23.2 Å². The van der Waals surface area contributed by atoms with Gasteiger partial charge in [0.15, 0.2) is 0 Å². The SMILES string of the molecule is O=c1ccc2cc(OC[C@H](O)CN3CCN(c4ccc(Cl)c(Cl)c4)CC3)ccc2[nH]1. The van der Waals surface area contributed by atoms with Crippen molar-refractivity contribution in [3.8, 4) is 5.75 Å². The van der Waals surface area contributed by atoms with Crippen molar-refractivity contribution in [2.75, 3.05) is 44.2 Å². The van der Waals surface area contributed by atoms with Crippen LogP contribution in [0.2, 0.25) is 10.0 Å². The molecule has 6 nitrogen and oxygen atoms in total. The molecule has 0 aliphatic carbocycles. The van der Waals surface area contributed by atoms with Gasteiger partial charge in [-0.05, 0) is 42.5 Å². The fraction of sp³-hybridized carbons (Fsp3) is 0.318. The quantitative estimate of drug-likeness (QED) is 0.605. The van der Waals surface area contributed by atoms with Crippen LogP contribution in [0.15, 0.2) is 53.3 Å². The number of aromatic nitrogens is 1. The van der Waals surface area contributed by atoms with Crippen molar-refractivity contribution in [2.24, 2.45) is 0 Å². The van der Waals surface area contributed by atoms with Gasteiger partial charge in [0.05, 0.1) is 10.0 Å². The van der Waals surface area contributed by atoms with E-state index in [2.05, 4.69) is 14.8 Å². The molecule has 2 N–H and O–H groups in total. The normalized spacial score (nSPS) is 16.0. The van der Waals surface area contributed by atoms with Gasteiger partial charge in [0.1, 0.15) is 18.5 Å². The number of aliphatic hydroxyl groups is 1. The molecule has 1 aromatic heterocycles. The Balaban J connectivity index is 1.26. The summed E-state index contributed by atoms with van der Waals surface area (Å²) in [5.41, 5.74) is 1.69. The van der Waals surface area contributed by atoms with E-state index >= 15 is 0 Å². The summed E-state index contributed by atoms with van der Waals surface area (Å²) in [6.45, 7) is 4.17. The number of fused-ring (bicyclic) bond motifs is 1. The summed E-state index contributed by atoms with van der Waals surface area (Å²) in [5, 5.41) is 12.4. The molecular weight excluding hydrogens is 425 g/mol. The van der Waals surface area contributed by atoms with Crippen LogP contribution in [0.1, 0.15) is 0 Å². The smallest absolute Gasteiger partial charge is 0.248 e. The van der Waals surface area contributed by atoms with E-state index in [4.69, 9.17) is 27.9 Å². The second kappa shape index (κ2) is 9.27. The molecule has 0 amide bonds. The number of aromatic amines is 1. The average molecular weight is 448 g/mol. The van der Waals surface area contributed by atoms with Crippen molar-refractivity contribution in [3.63, 3.8) is 0 Å².